The molecule has 1 N–H and O–H groups in total. The first-order chi connectivity index (χ1) is 13.7. The fraction of sp³-hybridized carbons (Fsp3) is 0.667. The maximum Gasteiger partial charge on any atom is 0.194 e. The monoisotopic (exact) mass is 511 g/mol. The van der Waals surface area contributed by atoms with E-state index in [0.717, 1.165) is 37.7 Å². The third-order valence-electron chi connectivity index (χ3n) is 6.21. The van der Waals surface area contributed by atoms with E-state index in [9.17, 15) is 0 Å². The average molecular weight is 511 g/mol. The van der Waals surface area contributed by atoms with Gasteiger partial charge in [0.1, 0.15) is 0 Å². The van der Waals surface area contributed by atoms with Crippen LogP contribution in [-0.2, 0) is 6.54 Å². The van der Waals surface area contributed by atoms with Crippen LogP contribution in [0.3, 0.4) is 0 Å². The van der Waals surface area contributed by atoms with E-state index in [4.69, 9.17) is 10.1 Å². The molecule has 29 heavy (non-hydrogen) atoms. The fourth-order valence-corrected chi connectivity index (χ4v) is 4.51. The van der Waals surface area contributed by atoms with Crippen molar-refractivity contribution in [2.24, 2.45) is 10.9 Å². The van der Waals surface area contributed by atoms with Gasteiger partial charge in [0.05, 0.1) is 30.6 Å². The number of halogens is 1. The summed E-state index contributed by atoms with van der Waals surface area (Å²) in [5.74, 6) is 1.63. The van der Waals surface area contributed by atoms with Crippen LogP contribution in [0.1, 0.15) is 63.7 Å². The predicted octanol–water partition coefficient (Wildman–Crippen LogP) is 3.86. The summed E-state index contributed by atoms with van der Waals surface area (Å²) in [6.07, 6.45) is 14.3. The van der Waals surface area contributed by atoms with Crippen molar-refractivity contribution < 1.29 is 0 Å². The first-order valence-electron chi connectivity index (χ1n) is 10.8. The van der Waals surface area contributed by atoms with Gasteiger partial charge in [-0.1, -0.05) is 19.8 Å². The van der Waals surface area contributed by atoms with E-state index < -0.39 is 0 Å². The second kappa shape index (κ2) is 10.4. The molecule has 7 nitrogen and oxygen atoms in total. The summed E-state index contributed by atoms with van der Waals surface area (Å²) in [5.41, 5.74) is 1.05. The van der Waals surface area contributed by atoms with Crippen molar-refractivity contribution in [2.45, 2.75) is 64.6 Å². The molecule has 2 unspecified atom stereocenters. The number of hydrogen-bond donors (Lipinski definition) is 1. The maximum absolute atomic E-state index is 4.92. The Morgan fingerprint density at radius 1 is 1.24 bits per heavy atom. The van der Waals surface area contributed by atoms with Crippen molar-refractivity contribution in [3.05, 3.63) is 36.7 Å². The highest BCUT2D eigenvalue weighted by atomic mass is 127. The molecular formula is C21H34IN7. The van der Waals surface area contributed by atoms with E-state index in [1.807, 2.05) is 12.5 Å². The van der Waals surface area contributed by atoms with Crippen LogP contribution in [0, 0.1) is 5.92 Å². The van der Waals surface area contributed by atoms with Gasteiger partial charge in [0, 0.05) is 38.2 Å². The molecule has 0 spiro atoms. The van der Waals surface area contributed by atoms with Gasteiger partial charge < -0.3 is 14.8 Å². The molecule has 0 amide bonds. The number of piperidine rings is 1. The first-order valence-corrected chi connectivity index (χ1v) is 10.8. The number of nitrogens with one attached hydrogen (secondary N) is 1. The number of imidazole rings is 1. The van der Waals surface area contributed by atoms with Gasteiger partial charge in [-0.15, -0.1) is 24.0 Å². The molecule has 2 aliphatic rings. The molecule has 8 heteroatoms. The number of aromatic nitrogens is 4. The quantitative estimate of drug-likeness (QED) is 0.376. The second-order valence-electron chi connectivity index (χ2n) is 8.18. The van der Waals surface area contributed by atoms with E-state index >= 15 is 0 Å². The van der Waals surface area contributed by atoms with E-state index in [1.54, 1.807) is 0 Å². The third kappa shape index (κ3) is 5.32. The van der Waals surface area contributed by atoms with Gasteiger partial charge in [-0.25, -0.2) is 9.98 Å². The van der Waals surface area contributed by atoms with Gasteiger partial charge in [0.15, 0.2) is 5.96 Å². The van der Waals surface area contributed by atoms with E-state index in [2.05, 4.69) is 56.8 Å². The zero-order chi connectivity index (χ0) is 19.3. The lowest BCUT2D eigenvalue weighted by Gasteiger charge is -2.39. The molecule has 1 aliphatic heterocycles. The van der Waals surface area contributed by atoms with Crippen LogP contribution in [0.15, 0.2) is 36.0 Å². The predicted molar refractivity (Wildman–Crippen MR) is 127 cm³/mol. The lowest BCUT2D eigenvalue weighted by molar-refractivity contribution is 0.189. The molecule has 1 aliphatic carbocycles. The normalized spacial score (nSPS) is 23.2. The second-order valence-corrected chi connectivity index (χ2v) is 8.18. The summed E-state index contributed by atoms with van der Waals surface area (Å²) in [4.78, 5) is 11.5. The zero-order valence-electron chi connectivity index (χ0n) is 17.6. The molecule has 1 saturated heterocycles. The minimum atomic E-state index is 0. The van der Waals surface area contributed by atoms with Gasteiger partial charge >= 0.3 is 0 Å². The zero-order valence-corrected chi connectivity index (χ0v) is 19.9. The minimum Gasteiger partial charge on any atom is -0.357 e. The lowest BCUT2D eigenvalue weighted by Crippen LogP contribution is -2.49. The molecule has 1 saturated carbocycles. The summed E-state index contributed by atoms with van der Waals surface area (Å²) in [7, 11) is 0. The summed E-state index contributed by atoms with van der Waals surface area (Å²) in [6.45, 7) is 7.96. The van der Waals surface area contributed by atoms with Crippen LogP contribution in [0.25, 0.3) is 0 Å². The van der Waals surface area contributed by atoms with Gasteiger partial charge in [-0.3, -0.25) is 4.68 Å². The Labute approximate surface area is 191 Å². The molecule has 2 atom stereocenters. The van der Waals surface area contributed by atoms with Crippen LogP contribution < -0.4 is 5.32 Å². The van der Waals surface area contributed by atoms with E-state index in [0.29, 0.717) is 24.5 Å². The number of hydrogen-bond acceptors (Lipinski definition) is 3. The molecule has 2 fully saturated rings. The number of guanidine groups is 1. The summed E-state index contributed by atoms with van der Waals surface area (Å²) in [5, 5.41) is 8.27. The van der Waals surface area contributed by atoms with Gasteiger partial charge in [0.25, 0.3) is 0 Å². The van der Waals surface area contributed by atoms with Crippen LogP contribution in [0.4, 0.5) is 0 Å². The van der Waals surface area contributed by atoms with Gasteiger partial charge in [0.2, 0.25) is 0 Å². The molecule has 0 bridgehead atoms. The molecule has 0 aromatic carbocycles. The largest absolute Gasteiger partial charge is 0.357 e. The summed E-state index contributed by atoms with van der Waals surface area (Å²) in [6, 6.07) is 3.14. The maximum atomic E-state index is 4.92. The fourth-order valence-electron chi connectivity index (χ4n) is 4.51. The molecule has 3 heterocycles. The standard InChI is InChI=1S/C21H33N7.HI/c1-3-23-21(24-14-18-9-12-28(25-18)19-6-4-5-7-19)26-11-8-17(2)20(15-26)27-13-10-22-16-27;/h9-10,12-13,16-17,19-20H,3-8,11,14-15H2,1-2H3,(H,23,24);1H. The Hall–Kier alpha value is -1.58. The minimum absolute atomic E-state index is 0. The molecule has 4 rings (SSSR count). The van der Waals surface area contributed by atoms with Crippen molar-refractivity contribution in [1.29, 1.82) is 0 Å². The Bertz CT molecular complexity index is 764. The highest BCUT2D eigenvalue weighted by Gasteiger charge is 2.29. The SMILES string of the molecule is CCNC(=NCc1ccn(C2CCCC2)n1)N1CCC(C)C(n2ccnc2)C1.I. The van der Waals surface area contributed by atoms with Gasteiger partial charge in [-0.05, 0) is 38.2 Å². The molecular weight excluding hydrogens is 477 g/mol. The Kier molecular flexibility index (Phi) is 7.97. The Morgan fingerprint density at radius 3 is 2.79 bits per heavy atom. The van der Waals surface area contributed by atoms with Crippen molar-refractivity contribution >= 4 is 29.9 Å². The Morgan fingerprint density at radius 2 is 2.07 bits per heavy atom. The summed E-state index contributed by atoms with van der Waals surface area (Å²) < 4.78 is 4.39. The smallest absolute Gasteiger partial charge is 0.194 e. The highest BCUT2D eigenvalue weighted by Crippen LogP contribution is 2.29. The molecule has 0 radical (unpaired) electrons. The van der Waals surface area contributed by atoms with Crippen LogP contribution in [0.5, 0.6) is 0 Å². The highest BCUT2D eigenvalue weighted by molar-refractivity contribution is 14.0. The van der Waals surface area contributed by atoms with Crippen molar-refractivity contribution in [3.63, 3.8) is 0 Å². The van der Waals surface area contributed by atoms with E-state index in [1.165, 1.54) is 25.7 Å². The molecule has 160 valence electrons. The molecule has 2 aromatic heterocycles. The van der Waals surface area contributed by atoms with Crippen LogP contribution >= 0.6 is 24.0 Å². The number of rotatable bonds is 5. The van der Waals surface area contributed by atoms with Crippen molar-refractivity contribution in [3.8, 4) is 0 Å². The molecule has 2 aromatic rings. The van der Waals surface area contributed by atoms with Crippen LogP contribution in [-0.4, -0.2) is 49.8 Å². The van der Waals surface area contributed by atoms with Crippen molar-refractivity contribution in [2.75, 3.05) is 19.6 Å². The first kappa shape index (κ1) is 22.1. The topological polar surface area (TPSA) is 63.3 Å². The van der Waals surface area contributed by atoms with Crippen LogP contribution in [0.2, 0.25) is 0 Å². The van der Waals surface area contributed by atoms with Gasteiger partial charge in [-0.2, -0.15) is 5.10 Å². The number of nitrogens with zero attached hydrogens (tertiary/aromatic N) is 6. The summed E-state index contributed by atoms with van der Waals surface area (Å²) >= 11 is 0. The average Bonchev–Trinajstić information content (AvgIpc) is 3.48. The van der Waals surface area contributed by atoms with E-state index in [-0.39, 0.29) is 24.0 Å². The lowest BCUT2D eigenvalue weighted by atomic mass is 9.93. The number of likely N-dealkylation sites (tertiary alicyclic amines) is 1. The third-order valence-corrected chi connectivity index (χ3v) is 6.21. The van der Waals surface area contributed by atoms with Crippen molar-refractivity contribution in [1.82, 2.24) is 29.5 Å². The Balaban J connectivity index is 0.00000240. The number of aliphatic imine (C=N–C) groups is 1.